The third kappa shape index (κ3) is 1.23. The first kappa shape index (κ1) is 7.79. The number of anilines is 1. The molecule has 0 saturated heterocycles. The lowest BCUT2D eigenvalue weighted by atomic mass is 10.4. The highest BCUT2D eigenvalue weighted by Gasteiger charge is 2.25. The fourth-order valence-electron chi connectivity index (χ4n) is 1.64. The van der Waals surface area contributed by atoms with Crippen LogP contribution in [0.3, 0.4) is 0 Å². The number of carbonyl (C=O) groups excluding carboxylic acids is 1. The monoisotopic (exact) mass is 189 g/mol. The van der Waals surface area contributed by atoms with Gasteiger partial charge in [0.15, 0.2) is 5.78 Å². The average molecular weight is 189 g/mol. The summed E-state index contributed by atoms with van der Waals surface area (Å²) in [6.07, 6.45) is 9.72. The molecule has 0 bridgehead atoms. The van der Waals surface area contributed by atoms with Crippen molar-refractivity contribution in [2.75, 3.05) is 11.4 Å². The van der Waals surface area contributed by atoms with Gasteiger partial charge in [-0.2, -0.15) is 5.10 Å². The maximum atomic E-state index is 11.0. The van der Waals surface area contributed by atoms with Crippen molar-refractivity contribution in [3.8, 4) is 0 Å². The van der Waals surface area contributed by atoms with Gasteiger partial charge in [0.25, 0.3) is 0 Å². The lowest BCUT2D eigenvalue weighted by molar-refractivity contribution is -0.112. The molecule has 0 N–H and O–H groups in total. The molecule has 1 aliphatic heterocycles. The molecule has 1 fully saturated rings. The van der Waals surface area contributed by atoms with Crippen LogP contribution in [0.25, 0.3) is 0 Å². The van der Waals surface area contributed by atoms with E-state index in [1.807, 2.05) is 28.2 Å². The van der Waals surface area contributed by atoms with E-state index in [-0.39, 0.29) is 5.78 Å². The molecule has 1 aliphatic carbocycles. The van der Waals surface area contributed by atoms with Crippen LogP contribution in [0.2, 0.25) is 0 Å². The molecule has 1 aromatic rings. The lowest BCUT2D eigenvalue weighted by Crippen LogP contribution is -2.16. The Hall–Kier alpha value is -1.58. The second-order valence-corrected chi connectivity index (χ2v) is 3.82. The van der Waals surface area contributed by atoms with Gasteiger partial charge in [-0.3, -0.25) is 9.48 Å². The van der Waals surface area contributed by atoms with Crippen molar-refractivity contribution in [3.63, 3.8) is 0 Å². The highest BCUT2D eigenvalue weighted by Crippen LogP contribution is 2.35. The number of hydrogen-bond donors (Lipinski definition) is 0. The fraction of sp³-hybridized carbons (Fsp3) is 0.400. The van der Waals surface area contributed by atoms with Gasteiger partial charge in [0.2, 0.25) is 0 Å². The van der Waals surface area contributed by atoms with E-state index in [1.165, 1.54) is 12.8 Å². The number of rotatable bonds is 2. The number of aromatic nitrogens is 2. The molecule has 2 aliphatic rings. The van der Waals surface area contributed by atoms with Crippen LogP contribution in [-0.2, 0) is 4.79 Å². The molecular formula is C10H11N3O. The van der Waals surface area contributed by atoms with E-state index in [4.69, 9.17) is 0 Å². The van der Waals surface area contributed by atoms with Crippen LogP contribution in [0, 0.1) is 0 Å². The van der Waals surface area contributed by atoms with Crippen LogP contribution < -0.4 is 4.90 Å². The number of nitrogens with zero attached hydrogens (tertiary/aromatic N) is 3. The lowest BCUT2D eigenvalue weighted by Gasteiger charge is -2.10. The molecule has 72 valence electrons. The van der Waals surface area contributed by atoms with Gasteiger partial charge in [-0.15, -0.1) is 0 Å². The standard InChI is InChI=1S/C10H11N3O/c14-10-3-4-12(7-10)9-5-11-13(6-9)8-1-2-8/h3-6,8H,1-2,7H2. The van der Waals surface area contributed by atoms with Crippen LogP contribution in [0.5, 0.6) is 0 Å². The molecule has 0 aromatic carbocycles. The van der Waals surface area contributed by atoms with Crippen molar-refractivity contribution < 1.29 is 4.79 Å². The van der Waals surface area contributed by atoms with Crippen molar-refractivity contribution in [2.45, 2.75) is 18.9 Å². The Labute approximate surface area is 81.8 Å². The molecule has 0 spiro atoms. The summed E-state index contributed by atoms with van der Waals surface area (Å²) in [4.78, 5) is 12.9. The Kier molecular flexibility index (Phi) is 1.50. The van der Waals surface area contributed by atoms with Crippen LogP contribution in [0.4, 0.5) is 5.69 Å². The van der Waals surface area contributed by atoms with Crippen molar-refractivity contribution in [3.05, 3.63) is 24.7 Å². The quantitative estimate of drug-likeness (QED) is 0.699. The summed E-state index contributed by atoms with van der Waals surface area (Å²) >= 11 is 0. The van der Waals surface area contributed by atoms with Gasteiger partial charge in [-0.05, 0) is 18.9 Å². The summed E-state index contributed by atoms with van der Waals surface area (Å²) in [5, 5.41) is 4.28. The number of carbonyl (C=O) groups is 1. The third-order valence-corrected chi connectivity index (χ3v) is 2.61. The first-order chi connectivity index (χ1) is 6.83. The largest absolute Gasteiger partial charge is 0.338 e. The van der Waals surface area contributed by atoms with Gasteiger partial charge in [0.1, 0.15) is 0 Å². The molecule has 0 atom stereocenters. The highest BCUT2D eigenvalue weighted by atomic mass is 16.1. The second kappa shape index (κ2) is 2.70. The maximum absolute atomic E-state index is 11.0. The Morgan fingerprint density at radius 3 is 2.93 bits per heavy atom. The second-order valence-electron chi connectivity index (χ2n) is 3.82. The van der Waals surface area contributed by atoms with Crippen molar-refractivity contribution >= 4 is 11.5 Å². The van der Waals surface area contributed by atoms with Gasteiger partial charge in [-0.25, -0.2) is 0 Å². The summed E-state index contributed by atoms with van der Waals surface area (Å²) in [5.74, 6) is 0.157. The Bertz CT molecular complexity index is 403. The molecule has 14 heavy (non-hydrogen) atoms. The fourth-order valence-corrected chi connectivity index (χ4v) is 1.64. The SMILES string of the molecule is O=C1C=CN(c2cnn(C3CC3)c2)C1. The minimum Gasteiger partial charge on any atom is -0.338 e. The Morgan fingerprint density at radius 1 is 1.43 bits per heavy atom. The first-order valence-electron chi connectivity index (χ1n) is 4.85. The summed E-state index contributed by atoms with van der Waals surface area (Å²) in [6.45, 7) is 0.455. The van der Waals surface area contributed by atoms with Gasteiger partial charge < -0.3 is 4.90 Å². The van der Waals surface area contributed by atoms with Crippen molar-refractivity contribution in [2.24, 2.45) is 0 Å². The summed E-state index contributed by atoms with van der Waals surface area (Å²) in [6, 6.07) is 0.603. The number of ketones is 1. The van der Waals surface area contributed by atoms with Crippen molar-refractivity contribution in [1.29, 1.82) is 0 Å². The zero-order valence-corrected chi connectivity index (χ0v) is 7.76. The van der Waals surface area contributed by atoms with E-state index in [9.17, 15) is 4.79 Å². The maximum Gasteiger partial charge on any atom is 0.176 e. The minimum atomic E-state index is 0.157. The molecule has 4 nitrogen and oxygen atoms in total. The Morgan fingerprint density at radius 2 is 2.29 bits per heavy atom. The van der Waals surface area contributed by atoms with Gasteiger partial charge in [0, 0.05) is 12.4 Å². The zero-order valence-electron chi connectivity index (χ0n) is 7.76. The summed E-state index contributed by atoms with van der Waals surface area (Å²) in [5.41, 5.74) is 1.01. The molecular weight excluding hydrogens is 178 g/mol. The van der Waals surface area contributed by atoms with Crippen LogP contribution in [-0.4, -0.2) is 22.1 Å². The Balaban J connectivity index is 1.82. The van der Waals surface area contributed by atoms with Gasteiger partial charge in [-0.1, -0.05) is 0 Å². The average Bonchev–Trinajstić information content (AvgIpc) is 2.76. The normalized spacial score (nSPS) is 20.9. The van der Waals surface area contributed by atoms with E-state index >= 15 is 0 Å². The molecule has 0 unspecified atom stereocenters. The van der Waals surface area contributed by atoms with E-state index in [0.29, 0.717) is 12.6 Å². The first-order valence-corrected chi connectivity index (χ1v) is 4.85. The molecule has 4 heteroatoms. The van der Waals surface area contributed by atoms with Crippen LogP contribution in [0.1, 0.15) is 18.9 Å². The molecule has 0 radical (unpaired) electrons. The molecule has 1 saturated carbocycles. The van der Waals surface area contributed by atoms with E-state index < -0.39 is 0 Å². The predicted molar refractivity (Wildman–Crippen MR) is 52.0 cm³/mol. The van der Waals surface area contributed by atoms with Gasteiger partial charge >= 0.3 is 0 Å². The predicted octanol–water partition coefficient (Wildman–Crippen LogP) is 1.12. The molecule has 3 rings (SSSR count). The van der Waals surface area contributed by atoms with Crippen LogP contribution >= 0.6 is 0 Å². The van der Waals surface area contributed by atoms with E-state index in [0.717, 1.165) is 5.69 Å². The molecule has 0 amide bonds. The van der Waals surface area contributed by atoms with Crippen LogP contribution in [0.15, 0.2) is 24.7 Å². The van der Waals surface area contributed by atoms with Gasteiger partial charge in [0.05, 0.1) is 24.5 Å². The summed E-state index contributed by atoms with van der Waals surface area (Å²) in [7, 11) is 0. The number of hydrogen-bond acceptors (Lipinski definition) is 3. The topological polar surface area (TPSA) is 38.1 Å². The molecule has 1 aromatic heterocycles. The smallest absolute Gasteiger partial charge is 0.176 e. The molecule has 2 heterocycles. The van der Waals surface area contributed by atoms with E-state index in [2.05, 4.69) is 5.10 Å². The summed E-state index contributed by atoms with van der Waals surface area (Å²) < 4.78 is 1.99. The zero-order chi connectivity index (χ0) is 9.54. The van der Waals surface area contributed by atoms with E-state index in [1.54, 1.807) is 6.08 Å². The highest BCUT2D eigenvalue weighted by molar-refractivity contribution is 5.97. The minimum absolute atomic E-state index is 0.157. The third-order valence-electron chi connectivity index (χ3n) is 2.61. The van der Waals surface area contributed by atoms with Crippen molar-refractivity contribution in [1.82, 2.24) is 9.78 Å².